The Morgan fingerprint density at radius 1 is 0.516 bits per heavy atom. The van der Waals surface area contributed by atoms with Gasteiger partial charge in [0, 0.05) is 0 Å². The van der Waals surface area contributed by atoms with Gasteiger partial charge in [0.25, 0.3) is 0 Å². The summed E-state index contributed by atoms with van der Waals surface area (Å²) in [5.41, 5.74) is 19.8. The van der Waals surface area contributed by atoms with Gasteiger partial charge in [0.1, 0.15) is 0 Å². The Labute approximate surface area is 389 Å². The molecule has 3 aliphatic rings. The average molecular weight is 1020 g/mol. The van der Waals surface area contributed by atoms with E-state index < -0.39 is 7.26 Å². The van der Waals surface area contributed by atoms with Crippen molar-refractivity contribution in [3.05, 3.63) is 266 Å². The second kappa shape index (κ2) is 18.6. The van der Waals surface area contributed by atoms with Crippen LogP contribution in [0.5, 0.6) is 0 Å². The van der Waals surface area contributed by atoms with Crippen molar-refractivity contribution in [2.45, 2.75) is 39.5 Å². The number of aryl methyl sites for hydroxylation is 4. The predicted octanol–water partition coefficient (Wildman–Crippen LogP) is 13.0. The molecule has 1 heterocycles. The summed E-state index contributed by atoms with van der Waals surface area (Å²) >= 11 is 1.86. The fraction of sp³-hybridized carbons (Fsp3) is 0.131. The first-order chi connectivity index (χ1) is 31.6. The molecule has 1 aliphatic heterocycles. The molecule has 0 atom stereocenters. The van der Waals surface area contributed by atoms with Gasteiger partial charge in [0.15, 0.2) is 0 Å². The van der Waals surface area contributed by atoms with E-state index in [-0.39, 0.29) is 0 Å². The van der Waals surface area contributed by atoms with Gasteiger partial charge in [-0.15, -0.1) is 0 Å². The molecule has 0 bridgehead atoms. The van der Waals surface area contributed by atoms with Crippen molar-refractivity contribution in [1.82, 2.24) is 0 Å². The molecule has 0 spiro atoms. The Morgan fingerprint density at radius 3 is 1.52 bits per heavy atom. The van der Waals surface area contributed by atoms with Crippen LogP contribution in [-0.4, -0.2) is 13.2 Å². The van der Waals surface area contributed by atoms with Crippen LogP contribution in [0.1, 0.15) is 69.5 Å². The summed E-state index contributed by atoms with van der Waals surface area (Å²) in [5.74, 6) is 0. The van der Waals surface area contributed by atoms with Gasteiger partial charge in [-0.2, -0.15) is 0 Å². The zero-order valence-corrected chi connectivity index (χ0v) is 39.9. The van der Waals surface area contributed by atoms with E-state index in [1.165, 1.54) is 105 Å². The van der Waals surface area contributed by atoms with Gasteiger partial charge in [-0.25, -0.2) is 0 Å². The summed E-state index contributed by atoms with van der Waals surface area (Å²) in [6.45, 7) is 5.45. The fourth-order valence-electron chi connectivity index (χ4n) is 10.3. The third-order valence-corrected chi connectivity index (χ3v) is 18.7. The standard InChI is InChI=1S/C61H51OP.Os/c1-4-19-44-30-36-57-48(38-44)33-31-46-20-15-17-28-55(46)60(57)61-56-29-18-16-21-47(56)32-34-49-39-50(35-37-58(49)61)59(40-51-42-62-41-45(51)5-2)43(3)63(52-22-9-6-10-23-52,53-24-11-7-12-25-53)54-26-13-8-14-27-54;/h4-30,35-40H,31-34,41-42H2,1-2H3;/q+1;/b19-4+,45-5?,51-40?,59-43?,61-60+;. The normalized spacial score (nSPS) is 17.5. The molecule has 313 valence electrons. The van der Waals surface area contributed by atoms with Crippen LogP contribution in [0, 0.1) is 4.37 Å². The quantitative estimate of drug-likeness (QED) is 0.145. The Morgan fingerprint density at radius 2 is 0.984 bits per heavy atom. The van der Waals surface area contributed by atoms with E-state index in [1.54, 1.807) is 0 Å². The van der Waals surface area contributed by atoms with Crippen molar-refractivity contribution in [2.24, 2.45) is 0 Å². The summed E-state index contributed by atoms with van der Waals surface area (Å²) in [7, 11) is -2.52. The van der Waals surface area contributed by atoms with Crippen molar-refractivity contribution >= 4 is 46.0 Å². The van der Waals surface area contributed by atoms with E-state index in [0.29, 0.717) is 13.2 Å². The third-order valence-electron chi connectivity index (χ3n) is 13.3. The summed E-state index contributed by atoms with van der Waals surface area (Å²) in [6.07, 6.45) is 13.0. The maximum absolute atomic E-state index is 6.18. The Balaban J connectivity index is 1.30. The van der Waals surface area contributed by atoms with Crippen LogP contribution in [0.3, 0.4) is 0 Å². The Hall–Kier alpha value is -5.95. The van der Waals surface area contributed by atoms with E-state index in [4.69, 9.17) is 4.74 Å². The second-order valence-electron chi connectivity index (χ2n) is 16.9. The number of benzene rings is 7. The Kier molecular flexibility index (Phi) is 12.2. The van der Waals surface area contributed by atoms with Crippen molar-refractivity contribution in [1.29, 1.82) is 0 Å². The van der Waals surface area contributed by atoms with Gasteiger partial charge in [-0.1, -0.05) is 18.2 Å². The molecule has 10 rings (SSSR count). The molecule has 0 N–H and O–H groups in total. The number of fused-ring (bicyclic) bond motifs is 4. The van der Waals surface area contributed by atoms with Crippen LogP contribution in [0.4, 0.5) is 0 Å². The minimum absolute atomic E-state index is 0.584. The van der Waals surface area contributed by atoms with Crippen LogP contribution in [0.2, 0.25) is 0 Å². The van der Waals surface area contributed by atoms with E-state index in [9.17, 15) is 0 Å². The molecule has 0 saturated carbocycles. The van der Waals surface area contributed by atoms with Crippen LogP contribution in [0.25, 0.3) is 22.8 Å². The van der Waals surface area contributed by atoms with Gasteiger partial charge < -0.3 is 0 Å². The maximum atomic E-state index is 6.18. The minimum atomic E-state index is -2.52. The summed E-state index contributed by atoms with van der Waals surface area (Å²) in [6, 6.07) is 66.5. The first kappa shape index (κ1) is 42.0. The summed E-state index contributed by atoms with van der Waals surface area (Å²) < 4.78 is 10.2. The molecule has 0 unspecified atom stereocenters. The SMILES string of the molecule is CC=C1COCC1=CC(=C([C]#[Os])[P+](c1ccccc1)(c1ccccc1)c1ccccc1)c1ccc2c(c1)CCc1ccccc1/C2=C1/c2ccccc2CCc2cc(/C=C/C)ccc21. The number of hydrogen-bond acceptors (Lipinski definition) is 1. The monoisotopic (exact) mass is 1020 g/mol. The summed E-state index contributed by atoms with van der Waals surface area (Å²) in [4.78, 5) is 0. The van der Waals surface area contributed by atoms with Crippen LogP contribution < -0.4 is 15.9 Å². The molecular formula is C61H51OOsP+. The van der Waals surface area contributed by atoms with E-state index in [1.807, 2.05) is 17.9 Å². The van der Waals surface area contributed by atoms with Gasteiger partial charge in [0.05, 0.1) is 0 Å². The molecule has 0 amide bonds. The first-order valence-corrected chi connectivity index (χ1v) is 25.6. The molecule has 0 aromatic heterocycles. The third kappa shape index (κ3) is 7.64. The number of rotatable bonds is 7. The molecule has 7 aromatic rings. The topological polar surface area (TPSA) is 9.23 Å². The second-order valence-corrected chi connectivity index (χ2v) is 20.8. The van der Waals surface area contributed by atoms with Gasteiger partial charge in [0.2, 0.25) is 0 Å². The van der Waals surface area contributed by atoms with Gasteiger partial charge in [-0.05, 0) is 12.5 Å². The predicted molar refractivity (Wildman–Crippen MR) is 269 cm³/mol. The Bertz CT molecular complexity index is 2990. The van der Waals surface area contributed by atoms with Crippen molar-refractivity contribution in [2.75, 3.05) is 13.2 Å². The molecule has 1 fully saturated rings. The molecule has 3 heteroatoms. The first-order valence-electron chi connectivity index (χ1n) is 22.5. The molecule has 1 saturated heterocycles. The van der Waals surface area contributed by atoms with Crippen molar-refractivity contribution in [3.8, 4) is 4.37 Å². The molecular weight excluding hydrogens is 970 g/mol. The molecule has 1 nitrogen and oxygen atoms in total. The van der Waals surface area contributed by atoms with Crippen molar-refractivity contribution < 1.29 is 22.7 Å². The van der Waals surface area contributed by atoms with Gasteiger partial charge >= 0.3 is 361 Å². The molecule has 7 aromatic carbocycles. The fourth-order valence-corrected chi connectivity index (χ4v) is 16.1. The van der Waals surface area contributed by atoms with Crippen molar-refractivity contribution in [3.63, 3.8) is 0 Å². The zero-order valence-electron chi connectivity index (χ0n) is 36.5. The number of allylic oxidation sites excluding steroid dienone is 5. The van der Waals surface area contributed by atoms with Gasteiger partial charge in [-0.3, -0.25) is 0 Å². The van der Waals surface area contributed by atoms with Crippen LogP contribution in [0.15, 0.2) is 211 Å². The van der Waals surface area contributed by atoms with Crippen LogP contribution in [-0.2, 0) is 48.4 Å². The van der Waals surface area contributed by atoms with Crippen LogP contribution >= 0.6 is 7.26 Å². The van der Waals surface area contributed by atoms with E-state index in [2.05, 4.69) is 218 Å². The van der Waals surface area contributed by atoms with E-state index in [0.717, 1.165) is 25.7 Å². The molecule has 0 radical (unpaired) electrons. The zero-order chi connectivity index (χ0) is 43.5. The summed E-state index contributed by atoms with van der Waals surface area (Å²) in [5, 5.41) is 5.17. The number of ether oxygens (including phenoxy) is 1. The molecule has 64 heavy (non-hydrogen) atoms. The number of hydrogen-bond donors (Lipinski definition) is 0. The average Bonchev–Trinajstić information content (AvgIpc) is 3.67. The molecule has 2 aliphatic carbocycles. The van der Waals surface area contributed by atoms with E-state index >= 15 is 0 Å².